The number of rotatable bonds is 5. The van der Waals surface area contributed by atoms with Crippen LogP contribution in [-0.2, 0) is 4.79 Å². The van der Waals surface area contributed by atoms with E-state index in [1.165, 1.54) is 25.7 Å². The number of hydrogen-bond acceptors (Lipinski definition) is 2. The van der Waals surface area contributed by atoms with Crippen LogP contribution in [0, 0.1) is 17.8 Å². The number of carbonyl (C=O) groups excluding carboxylic acids is 1. The van der Waals surface area contributed by atoms with Gasteiger partial charge >= 0.3 is 12.0 Å². The Balaban J connectivity index is 1.62. The summed E-state index contributed by atoms with van der Waals surface area (Å²) in [6, 6.07) is -0.421. The molecule has 0 aromatic rings. The minimum Gasteiger partial charge on any atom is -0.481 e. The van der Waals surface area contributed by atoms with Gasteiger partial charge in [0, 0.05) is 12.6 Å². The molecule has 0 radical (unpaired) electrons. The Hall–Kier alpha value is -1.26. The summed E-state index contributed by atoms with van der Waals surface area (Å²) >= 11 is 0. The van der Waals surface area contributed by atoms with E-state index in [1.54, 1.807) is 0 Å². The molecule has 0 aliphatic heterocycles. The molecule has 5 nitrogen and oxygen atoms in total. The second kappa shape index (κ2) is 7.66. The van der Waals surface area contributed by atoms with E-state index in [9.17, 15) is 9.59 Å². The zero-order valence-electron chi connectivity index (χ0n) is 12.9. The molecule has 2 unspecified atom stereocenters. The van der Waals surface area contributed by atoms with Crippen molar-refractivity contribution in [3.8, 4) is 0 Å². The number of aliphatic carboxylic acids is 1. The third-order valence-corrected chi connectivity index (χ3v) is 5.12. The third kappa shape index (κ3) is 4.90. The van der Waals surface area contributed by atoms with E-state index in [-0.39, 0.29) is 12.1 Å². The Kier molecular flexibility index (Phi) is 5.88. The van der Waals surface area contributed by atoms with Gasteiger partial charge in [0.05, 0.1) is 5.92 Å². The number of urea groups is 1. The Bertz CT molecular complexity index is 365. The maximum Gasteiger partial charge on any atom is 0.315 e. The summed E-state index contributed by atoms with van der Waals surface area (Å²) < 4.78 is 0. The number of amides is 2. The first-order valence-electron chi connectivity index (χ1n) is 8.33. The molecule has 2 saturated carbocycles. The van der Waals surface area contributed by atoms with Crippen LogP contribution in [0.2, 0.25) is 0 Å². The monoisotopic (exact) mass is 296 g/mol. The van der Waals surface area contributed by atoms with Crippen LogP contribution in [0.3, 0.4) is 0 Å². The molecule has 0 aromatic carbocycles. The van der Waals surface area contributed by atoms with Gasteiger partial charge in [-0.2, -0.15) is 0 Å². The molecule has 21 heavy (non-hydrogen) atoms. The normalized spacial score (nSPS) is 32.6. The molecule has 5 heteroatoms. The van der Waals surface area contributed by atoms with Crippen molar-refractivity contribution in [2.75, 3.05) is 6.54 Å². The molecule has 2 aliphatic carbocycles. The molecular formula is C16H28N2O3. The highest BCUT2D eigenvalue weighted by Crippen LogP contribution is 2.30. The lowest BCUT2D eigenvalue weighted by Crippen LogP contribution is -2.45. The van der Waals surface area contributed by atoms with Crippen LogP contribution in [0.1, 0.15) is 58.3 Å². The molecule has 0 heterocycles. The first-order valence-corrected chi connectivity index (χ1v) is 8.33. The van der Waals surface area contributed by atoms with Gasteiger partial charge in [-0.1, -0.05) is 39.0 Å². The van der Waals surface area contributed by atoms with Crippen LogP contribution in [0.25, 0.3) is 0 Å². The summed E-state index contributed by atoms with van der Waals surface area (Å²) in [5.41, 5.74) is 0. The lowest BCUT2D eigenvalue weighted by atomic mass is 9.81. The molecule has 0 spiro atoms. The second-order valence-electron chi connectivity index (χ2n) is 6.80. The summed E-state index contributed by atoms with van der Waals surface area (Å²) in [5.74, 6) is 0.372. The first kappa shape index (κ1) is 16.1. The van der Waals surface area contributed by atoms with Gasteiger partial charge in [0.25, 0.3) is 0 Å². The molecular weight excluding hydrogens is 268 g/mol. The Labute approximate surface area is 126 Å². The van der Waals surface area contributed by atoms with E-state index in [1.807, 2.05) is 0 Å². The first-order chi connectivity index (χ1) is 10.1. The van der Waals surface area contributed by atoms with Gasteiger partial charge in [-0.15, -0.1) is 0 Å². The summed E-state index contributed by atoms with van der Waals surface area (Å²) in [6.45, 7) is 3.00. The Morgan fingerprint density at radius 2 is 1.81 bits per heavy atom. The Morgan fingerprint density at radius 3 is 2.48 bits per heavy atom. The highest BCUT2D eigenvalue weighted by molar-refractivity contribution is 5.76. The molecule has 2 aliphatic rings. The van der Waals surface area contributed by atoms with Crippen molar-refractivity contribution in [3.05, 3.63) is 0 Å². The van der Waals surface area contributed by atoms with Crippen molar-refractivity contribution in [3.63, 3.8) is 0 Å². The van der Waals surface area contributed by atoms with Crippen molar-refractivity contribution < 1.29 is 14.7 Å². The molecule has 0 bridgehead atoms. The van der Waals surface area contributed by atoms with E-state index in [2.05, 4.69) is 17.6 Å². The number of hydrogen-bond donors (Lipinski definition) is 3. The largest absolute Gasteiger partial charge is 0.481 e. The maximum absolute atomic E-state index is 11.8. The van der Waals surface area contributed by atoms with Crippen molar-refractivity contribution in [2.24, 2.45) is 17.8 Å². The standard InChI is InChI=1S/C16H28N2O3/c1-11-5-7-12(8-6-11)9-10-17-16(21)18-14-4-2-3-13(14)15(19)20/h11-14H,2-10H2,1H3,(H,19,20)(H2,17,18,21). The predicted molar refractivity (Wildman–Crippen MR) is 81.0 cm³/mol. The number of carbonyl (C=O) groups is 2. The van der Waals surface area contributed by atoms with Gasteiger partial charge in [-0.3, -0.25) is 4.79 Å². The average Bonchev–Trinajstić information content (AvgIpc) is 2.89. The van der Waals surface area contributed by atoms with Gasteiger partial charge in [0.2, 0.25) is 0 Å². The van der Waals surface area contributed by atoms with Crippen molar-refractivity contribution >= 4 is 12.0 Å². The highest BCUT2D eigenvalue weighted by Gasteiger charge is 2.33. The minimum absolute atomic E-state index is 0.210. The topological polar surface area (TPSA) is 78.4 Å². The quantitative estimate of drug-likeness (QED) is 0.730. The lowest BCUT2D eigenvalue weighted by molar-refractivity contribution is -0.142. The van der Waals surface area contributed by atoms with Crippen LogP contribution in [-0.4, -0.2) is 29.7 Å². The van der Waals surface area contributed by atoms with Crippen LogP contribution < -0.4 is 10.6 Å². The van der Waals surface area contributed by atoms with E-state index in [0.717, 1.165) is 31.1 Å². The van der Waals surface area contributed by atoms with Crippen LogP contribution in [0.15, 0.2) is 0 Å². The van der Waals surface area contributed by atoms with E-state index >= 15 is 0 Å². The van der Waals surface area contributed by atoms with E-state index < -0.39 is 11.9 Å². The fraction of sp³-hybridized carbons (Fsp3) is 0.875. The average molecular weight is 296 g/mol. The molecule has 2 atom stereocenters. The number of carboxylic acids is 1. The van der Waals surface area contributed by atoms with Crippen LogP contribution in [0.5, 0.6) is 0 Å². The SMILES string of the molecule is CC1CCC(CCNC(=O)NC2CCCC2C(=O)O)CC1. The summed E-state index contributed by atoms with van der Waals surface area (Å²) in [4.78, 5) is 22.9. The molecule has 2 amide bonds. The molecule has 0 saturated heterocycles. The van der Waals surface area contributed by atoms with Crippen molar-refractivity contribution in [1.29, 1.82) is 0 Å². The molecule has 3 N–H and O–H groups in total. The molecule has 2 rings (SSSR count). The smallest absolute Gasteiger partial charge is 0.315 e. The van der Waals surface area contributed by atoms with Crippen LogP contribution in [0.4, 0.5) is 4.79 Å². The summed E-state index contributed by atoms with van der Waals surface area (Å²) in [6.07, 6.45) is 8.50. The van der Waals surface area contributed by atoms with Gasteiger partial charge in [-0.05, 0) is 31.1 Å². The zero-order chi connectivity index (χ0) is 15.2. The molecule has 0 aromatic heterocycles. The summed E-state index contributed by atoms with van der Waals surface area (Å²) in [7, 11) is 0. The number of carboxylic acid groups (broad SMARTS) is 1. The molecule has 2 fully saturated rings. The van der Waals surface area contributed by atoms with Gasteiger partial charge < -0.3 is 15.7 Å². The third-order valence-electron chi connectivity index (χ3n) is 5.12. The predicted octanol–water partition coefficient (Wildman–Crippen LogP) is 2.76. The fourth-order valence-corrected chi connectivity index (χ4v) is 3.66. The van der Waals surface area contributed by atoms with Crippen molar-refractivity contribution in [2.45, 2.75) is 64.3 Å². The zero-order valence-corrected chi connectivity index (χ0v) is 12.9. The van der Waals surface area contributed by atoms with Crippen molar-refractivity contribution in [1.82, 2.24) is 10.6 Å². The minimum atomic E-state index is -0.797. The van der Waals surface area contributed by atoms with E-state index in [0.29, 0.717) is 13.0 Å². The highest BCUT2D eigenvalue weighted by atomic mass is 16.4. The second-order valence-corrected chi connectivity index (χ2v) is 6.80. The maximum atomic E-state index is 11.8. The Morgan fingerprint density at radius 1 is 1.10 bits per heavy atom. The van der Waals surface area contributed by atoms with Gasteiger partial charge in [0.1, 0.15) is 0 Å². The van der Waals surface area contributed by atoms with Gasteiger partial charge in [0.15, 0.2) is 0 Å². The van der Waals surface area contributed by atoms with Gasteiger partial charge in [-0.25, -0.2) is 4.79 Å². The molecule has 120 valence electrons. The number of nitrogens with one attached hydrogen (secondary N) is 2. The fourth-order valence-electron chi connectivity index (χ4n) is 3.66. The van der Waals surface area contributed by atoms with E-state index in [4.69, 9.17) is 5.11 Å². The summed E-state index contributed by atoms with van der Waals surface area (Å²) in [5, 5.41) is 14.8. The van der Waals surface area contributed by atoms with Crippen LogP contribution >= 0.6 is 0 Å². The lowest BCUT2D eigenvalue weighted by Gasteiger charge is -2.26.